The molecule has 3 rings (SSSR count). The fraction of sp³-hybridized carbons (Fsp3) is 0.176. The molecule has 4 heteroatoms. The van der Waals surface area contributed by atoms with E-state index in [1.54, 1.807) is 7.11 Å². The lowest BCUT2D eigenvalue weighted by molar-refractivity contribution is 0.415. The van der Waals surface area contributed by atoms with Crippen molar-refractivity contribution in [1.29, 1.82) is 0 Å². The highest BCUT2D eigenvalue weighted by atomic mass is 35.5. The third-order valence-corrected chi connectivity index (χ3v) is 3.81. The third-order valence-electron chi connectivity index (χ3n) is 3.64. The van der Waals surface area contributed by atoms with Crippen LogP contribution in [0.3, 0.4) is 0 Å². The van der Waals surface area contributed by atoms with Gasteiger partial charge in [-0.05, 0) is 47.4 Å². The Morgan fingerprint density at radius 3 is 2.76 bits per heavy atom. The Labute approximate surface area is 129 Å². The van der Waals surface area contributed by atoms with E-state index in [1.165, 1.54) is 0 Å². The molecule has 0 N–H and O–H groups in total. The van der Waals surface area contributed by atoms with E-state index >= 15 is 0 Å². The maximum atomic E-state index is 6.05. The number of hydrogen-bond donors (Lipinski definition) is 0. The number of hydrogen-bond acceptors (Lipinski definition) is 3. The molecule has 0 aromatic heterocycles. The number of rotatable bonds is 3. The van der Waals surface area contributed by atoms with Crippen LogP contribution in [0.5, 0.6) is 5.75 Å². The fourth-order valence-electron chi connectivity index (χ4n) is 2.51. The molecule has 1 aliphatic heterocycles. The van der Waals surface area contributed by atoms with Gasteiger partial charge in [0.2, 0.25) is 5.29 Å². The second-order valence-corrected chi connectivity index (χ2v) is 5.23. The summed E-state index contributed by atoms with van der Waals surface area (Å²) < 4.78 is 5.18. The number of halogens is 1. The standard InChI is InChI=1S/C17H15ClN2O/c1-11(12-7-9-13(21-2)10-8-12)16-14-5-3-4-6-15(14)19-17(18)20-16/h3-4,6-10,14H,1,5H2,2H3. The van der Waals surface area contributed by atoms with Crippen LogP contribution in [0.25, 0.3) is 5.57 Å². The van der Waals surface area contributed by atoms with E-state index in [2.05, 4.69) is 22.6 Å². The molecular formula is C17H15ClN2O. The summed E-state index contributed by atoms with van der Waals surface area (Å²) in [5, 5.41) is 0.262. The molecule has 0 radical (unpaired) electrons. The van der Waals surface area contributed by atoms with E-state index in [0.29, 0.717) is 0 Å². The first-order valence-corrected chi connectivity index (χ1v) is 7.10. The van der Waals surface area contributed by atoms with Crippen molar-refractivity contribution in [2.24, 2.45) is 15.9 Å². The molecule has 1 aromatic carbocycles. The van der Waals surface area contributed by atoms with Crippen LogP contribution in [0, 0.1) is 5.92 Å². The molecule has 1 aliphatic carbocycles. The largest absolute Gasteiger partial charge is 0.497 e. The molecule has 0 fully saturated rings. The smallest absolute Gasteiger partial charge is 0.222 e. The molecule has 1 aromatic rings. The number of benzene rings is 1. The van der Waals surface area contributed by atoms with E-state index in [9.17, 15) is 0 Å². The zero-order valence-corrected chi connectivity index (χ0v) is 12.5. The minimum atomic E-state index is 0.132. The van der Waals surface area contributed by atoms with Crippen molar-refractivity contribution >= 4 is 28.2 Å². The van der Waals surface area contributed by atoms with Gasteiger partial charge in [0.25, 0.3) is 0 Å². The average Bonchev–Trinajstić information content (AvgIpc) is 2.53. The average molecular weight is 299 g/mol. The van der Waals surface area contributed by atoms with Crippen LogP contribution in [0.2, 0.25) is 0 Å². The highest BCUT2D eigenvalue weighted by Crippen LogP contribution is 2.33. The SMILES string of the molecule is C=C(C1=NC(Cl)=NC2=CC=CCC21)c1ccc(OC)cc1. The molecule has 3 nitrogen and oxygen atoms in total. The van der Waals surface area contributed by atoms with Gasteiger partial charge in [0.1, 0.15) is 5.75 Å². The van der Waals surface area contributed by atoms with E-state index < -0.39 is 0 Å². The third kappa shape index (κ3) is 2.69. The Balaban J connectivity index is 1.94. The van der Waals surface area contributed by atoms with Crippen molar-refractivity contribution in [2.45, 2.75) is 6.42 Å². The van der Waals surface area contributed by atoms with E-state index in [0.717, 1.165) is 34.7 Å². The topological polar surface area (TPSA) is 34.0 Å². The summed E-state index contributed by atoms with van der Waals surface area (Å²) in [5.41, 5.74) is 3.71. The molecular weight excluding hydrogens is 284 g/mol. The number of ether oxygens (including phenoxy) is 1. The first-order valence-electron chi connectivity index (χ1n) is 6.72. The van der Waals surface area contributed by atoms with Gasteiger partial charge in [0, 0.05) is 5.92 Å². The summed E-state index contributed by atoms with van der Waals surface area (Å²) in [6.45, 7) is 4.19. The Morgan fingerprint density at radius 1 is 1.29 bits per heavy atom. The molecule has 0 saturated heterocycles. The minimum Gasteiger partial charge on any atom is -0.497 e. The lowest BCUT2D eigenvalue weighted by Gasteiger charge is -2.25. The predicted molar refractivity (Wildman–Crippen MR) is 88.1 cm³/mol. The van der Waals surface area contributed by atoms with Crippen molar-refractivity contribution in [3.63, 3.8) is 0 Å². The highest BCUT2D eigenvalue weighted by molar-refractivity contribution is 6.66. The number of methoxy groups -OCH3 is 1. The highest BCUT2D eigenvalue weighted by Gasteiger charge is 2.27. The Morgan fingerprint density at radius 2 is 2.05 bits per heavy atom. The van der Waals surface area contributed by atoms with Gasteiger partial charge in [-0.15, -0.1) is 0 Å². The zero-order chi connectivity index (χ0) is 14.8. The summed E-state index contributed by atoms with van der Waals surface area (Å²) in [5.74, 6) is 0.949. The molecule has 0 bridgehead atoms. The van der Waals surface area contributed by atoms with Gasteiger partial charge in [0.05, 0.1) is 18.5 Å². The summed E-state index contributed by atoms with van der Waals surface area (Å²) in [6.07, 6.45) is 6.96. The van der Waals surface area contributed by atoms with Crippen LogP contribution in [0.1, 0.15) is 12.0 Å². The number of aliphatic imine (C=N–C) groups is 2. The number of allylic oxidation sites excluding steroid dienone is 5. The van der Waals surface area contributed by atoms with Gasteiger partial charge in [-0.25, -0.2) is 9.98 Å². The molecule has 1 atom stereocenters. The summed E-state index contributed by atoms with van der Waals surface area (Å²) in [6, 6.07) is 7.78. The van der Waals surface area contributed by atoms with Crippen LogP contribution in [0.15, 0.2) is 64.8 Å². The van der Waals surface area contributed by atoms with Crippen LogP contribution >= 0.6 is 11.6 Å². The van der Waals surface area contributed by atoms with Gasteiger partial charge in [-0.3, -0.25) is 0 Å². The van der Waals surface area contributed by atoms with Gasteiger partial charge in [-0.2, -0.15) is 0 Å². The second-order valence-electron chi connectivity index (χ2n) is 4.89. The Kier molecular flexibility index (Phi) is 3.76. The second kappa shape index (κ2) is 5.70. The van der Waals surface area contributed by atoms with E-state index in [-0.39, 0.29) is 11.2 Å². The molecule has 0 saturated carbocycles. The monoisotopic (exact) mass is 298 g/mol. The maximum absolute atomic E-state index is 6.05. The van der Waals surface area contributed by atoms with E-state index in [4.69, 9.17) is 16.3 Å². The Bertz CT molecular complexity index is 696. The van der Waals surface area contributed by atoms with Gasteiger partial charge < -0.3 is 4.74 Å². The molecule has 0 spiro atoms. The predicted octanol–water partition coefficient (Wildman–Crippen LogP) is 4.22. The van der Waals surface area contributed by atoms with Crippen molar-refractivity contribution in [1.82, 2.24) is 0 Å². The first kappa shape index (κ1) is 13.8. The van der Waals surface area contributed by atoms with Gasteiger partial charge >= 0.3 is 0 Å². The number of amidine groups is 1. The number of nitrogens with zero attached hydrogens (tertiary/aromatic N) is 2. The summed E-state index contributed by atoms with van der Waals surface area (Å²) in [7, 11) is 1.65. The van der Waals surface area contributed by atoms with Gasteiger partial charge in [-0.1, -0.05) is 30.9 Å². The summed E-state index contributed by atoms with van der Waals surface area (Å²) >= 11 is 6.05. The zero-order valence-electron chi connectivity index (χ0n) is 11.7. The minimum absolute atomic E-state index is 0.132. The molecule has 0 amide bonds. The molecule has 1 heterocycles. The van der Waals surface area contributed by atoms with Crippen molar-refractivity contribution in [3.8, 4) is 5.75 Å². The van der Waals surface area contributed by atoms with Crippen LogP contribution in [-0.4, -0.2) is 18.1 Å². The van der Waals surface area contributed by atoms with E-state index in [1.807, 2.05) is 36.4 Å². The van der Waals surface area contributed by atoms with Crippen LogP contribution < -0.4 is 4.74 Å². The van der Waals surface area contributed by atoms with Crippen molar-refractivity contribution < 1.29 is 4.74 Å². The van der Waals surface area contributed by atoms with Crippen LogP contribution in [-0.2, 0) is 0 Å². The maximum Gasteiger partial charge on any atom is 0.222 e. The first-order chi connectivity index (χ1) is 10.2. The van der Waals surface area contributed by atoms with Gasteiger partial charge in [0.15, 0.2) is 0 Å². The molecule has 21 heavy (non-hydrogen) atoms. The number of fused-ring (bicyclic) bond motifs is 1. The van der Waals surface area contributed by atoms with Crippen molar-refractivity contribution in [2.75, 3.05) is 7.11 Å². The lowest BCUT2D eigenvalue weighted by atomic mass is 9.85. The molecule has 1 unspecified atom stereocenters. The summed E-state index contributed by atoms with van der Waals surface area (Å²) in [4.78, 5) is 8.71. The van der Waals surface area contributed by atoms with Crippen LogP contribution in [0.4, 0.5) is 0 Å². The van der Waals surface area contributed by atoms with Crippen molar-refractivity contribution in [3.05, 3.63) is 60.3 Å². The Hall–Kier alpha value is -2.13. The molecule has 106 valence electrons. The normalized spacial score (nSPS) is 20.1. The quantitative estimate of drug-likeness (QED) is 0.769. The molecule has 2 aliphatic rings. The fourth-order valence-corrected chi connectivity index (χ4v) is 2.70. The lowest BCUT2D eigenvalue weighted by Crippen LogP contribution is -2.23.